The van der Waals surface area contributed by atoms with Crippen LogP contribution in [0.25, 0.3) is 0 Å². The molecule has 1 aliphatic rings. The van der Waals surface area contributed by atoms with E-state index in [9.17, 15) is 4.39 Å². The topological polar surface area (TPSA) is 21.3 Å². The highest BCUT2D eigenvalue weighted by Crippen LogP contribution is 2.36. The lowest BCUT2D eigenvalue weighted by Gasteiger charge is -2.32. The minimum absolute atomic E-state index is 0.189. The normalized spacial score (nSPS) is 21.4. The van der Waals surface area contributed by atoms with Gasteiger partial charge < -0.3 is 10.1 Å². The summed E-state index contributed by atoms with van der Waals surface area (Å²) in [5.74, 6) is 0.654. The fraction of sp³-hybridized carbons (Fsp3) is 0.647. The first-order valence-electron chi connectivity index (χ1n) is 7.88. The number of fused-ring (bicyclic) bond motifs is 1. The van der Waals surface area contributed by atoms with Crippen LogP contribution in [0.1, 0.15) is 63.5 Å². The van der Waals surface area contributed by atoms with Crippen LogP contribution in [0.15, 0.2) is 18.2 Å². The number of unbranched alkanes of at least 4 members (excludes halogenated alkanes) is 4. The molecule has 2 nitrogen and oxygen atoms in total. The van der Waals surface area contributed by atoms with E-state index in [0.29, 0.717) is 0 Å². The number of nitrogens with one attached hydrogen (secondary N) is 1. The van der Waals surface area contributed by atoms with Crippen LogP contribution in [0.5, 0.6) is 5.75 Å². The highest BCUT2D eigenvalue weighted by atomic mass is 19.1. The van der Waals surface area contributed by atoms with Crippen LogP contribution in [0.4, 0.5) is 4.39 Å². The van der Waals surface area contributed by atoms with Crippen molar-refractivity contribution in [2.24, 2.45) is 0 Å². The Morgan fingerprint density at radius 3 is 2.80 bits per heavy atom. The van der Waals surface area contributed by atoms with Gasteiger partial charge in [-0.05, 0) is 38.1 Å². The molecule has 1 aliphatic heterocycles. The lowest BCUT2D eigenvalue weighted by Crippen LogP contribution is -2.31. The molecule has 2 atom stereocenters. The minimum Gasteiger partial charge on any atom is -0.490 e. The molecule has 1 heterocycles. The van der Waals surface area contributed by atoms with E-state index in [1.165, 1.54) is 38.2 Å². The van der Waals surface area contributed by atoms with Crippen LogP contribution in [0.2, 0.25) is 0 Å². The van der Waals surface area contributed by atoms with Gasteiger partial charge in [0.1, 0.15) is 17.7 Å². The molecular weight excluding hydrogens is 253 g/mol. The Morgan fingerprint density at radius 2 is 2.05 bits per heavy atom. The maximum absolute atomic E-state index is 13.3. The molecule has 20 heavy (non-hydrogen) atoms. The predicted molar refractivity (Wildman–Crippen MR) is 80.6 cm³/mol. The first-order valence-corrected chi connectivity index (χ1v) is 7.88. The van der Waals surface area contributed by atoms with E-state index >= 15 is 0 Å². The van der Waals surface area contributed by atoms with Gasteiger partial charge in [0.05, 0.1) is 0 Å². The summed E-state index contributed by atoms with van der Waals surface area (Å²) >= 11 is 0. The van der Waals surface area contributed by atoms with Gasteiger partial charge in [0.15, 0.2) is 0 Å². The van der Waals surface area contributed by atoms with Crippen LogP contribution >= 0.6 is 0 Å². The molecule has 0 radical (unpaired) electrons. The van der Waals surface area contributed by atoms with E-state index in [-0.39, 0.29) is 18.0 Å². The van der Waals surface area contributed by atoms with E-state index in [1.807, 2.05) is 7.05 Å². The zero-order valence-electron chi connectivity index (χ0n) is 12.6. The lowest BCUT2D eigenvalue weighted by molar-refractivity contribution is 0.139. The van der Waals surface area contributed by atoms with Gasteiger partial charge in [0.25, 0.3) is 0 Å². The second-order valence-corrected chi connectivity index (χ2v) is 5.70. The third kappa shape index (κ3) is 3.95. The molecule has 1 aromatic rings. The van der Waals surface area contributed by atoms with Gasteiger partial charge in [0.2, 0.25) is 0 Å². The molecule has 112 valence electrons. The molecule has 0 amide bonds. The Morgan fingerprint density at radius 1 is 1.25 bits per heavy atom. The molecule has 1 aromatic carbocycles. The van der Waals surface area contributed by atoms with Crippen molar-refractivity contribution in [1.82, 2.24) is 5.32 Å². The van der Waals surface area contributed by atoms with Crippen molar-refractivity contribution in [2.45, 2.75) is 64.0 Å². The lowest BCUT2D eigenvalue weighted by atomic mass is 9.94. The maximum atomic E-state index is 13.3. The Bertz CT molecular complexity index is 421. The Kier molecular flexibility index (Phi) is 5.84. The average Bonchev–Trinajstić information content (AvgIpc) is 2.46. The van der Waals surface area contributed by atoms with Crippen molar-refractivity contribution < 1.29 is 9.13 Å². The summed E-state index contributed by atoms with van der Waals surface area (Å²) in [6.07, 6.45) is 8.71. The first kappa shape index (κ1) is 15.3. The van der Waals surface area contributed by atoms with Gasteiger partial charge in [-0.3, -0.25) is 0 Å². The van der Waals surface area contributed by atoms with Gasteiger partial charge in [-0.2, -0.15) is 0 Å². The van der Waals surface area contributed by atoms with Crippen molar-refractivity contribution >= 4 is 0 Å². The van der Waals surface area contributed by atoms with Gasteiger partial charge >= 0.3 is 0 Å². The third-order valence-corrected chi connectivity index (χ3v) is 4.12. The molecule has 0 aromatic heterocycles. The molecule has 0 spiro atoms. The van der Waals surface area contributed by atoms with Crippen LogP contribution in [-0.4, -0.2) is 13.2 Å². The summed E-state index contributed by atoms with van der Waals surface area (Å²) in [5.41, 5.74) is 0.953. The average molecular weight is 279 g/mol. The summed E-state index contributed by atoms with van der Waals surface area (Å²) in [5, 5.41) is 3.28. The van der Waals surface area contributed by atoms with E-state index < -0.39 is 0 Å². The fourth-order valence-electron chi connectivity index (χ4n) is 2.94. The molecule has 0 fully saturated rings. The molecular formula is C17H26FNO. The van der Waals surface area contributed by atoms with E-state index in [1.54, 1.807) is 12.1 Å². The second-order valence-electron chi connectivity index (χ2n) is 5.70. The van der Waals surface area contributed by atoms with E-state index in [2.05, 4.69) is 12.2 Å². The van der Waals surface area contributed by atoms with Crippen LogP contribution in [0, 0.1) is 5.82 Å². The maximum Gasteiger partial charge on any atom is 0.124 e. The standard InChI is InChI=1S/C17H26FNO/c1-3-4-5-6-7-8-14-12-16(19-2)15-11-13(18)9-10-17(15)20-14/h9-11,14,16,19H,3-8,12H2,1-2H3. The molecule has 0 saturated heterocycles. The molecule has 0 saturated carbocycles. The summed E-state index contributed by atoms with van der Waals surface area (Å²) < 4.78 is 19.4. The number of benzene rings is 1. The number of halogens is 1. The second kappa shape index (κ2) is 7.63. The van der Waals surface area contributed by atoms with Crippen molar-refractivity contribution in [2.75, 3.05) is 7.05 Å². The smallest absolute Gasteiger partial charge is 0.124 e. The first-order chi connectivity index (χ1) is 9.74. The highest BCUT2D eigenvalue weighted by molar-refractivity contribution is 5.38. The molecule has 2 unspecified atom stereocenters. The van der Waals surface area contributed by atoms with Crippen molar-refractivity contribution in [3.8, 4) is 5.75 Å². The molecule has 1 N–H and O–H groups in total. The Hall–Kier alpha value is -1.09. The zero-order valence-corrected chi connectivity index (χ0v) is 12.6. The largest absolute Gasteiger partial charge is 0.490 e. The van der Waals surface area contributed by atoms with Crippen LogP contribution < -0.4 is 10.1 Å². The fourth-order valence-corrected chi connectivity index (χ4v) is 2.94. The Labute approximate surface area is 121 Å². The van der Waals surface area contributed by atoms with Gasteiger partial charge in [-0.25, -0.2) is 4.39 Å². The van der Waals surface area contributed by atoms with Gasteiger partial charge in [-0.1, -0.05) is 32.6 Å². The summed E-state index contributed by atoms with van der Waals surface area (Å²) in [6.45, 7) is 2.23. The van der Waals surface area contributed by atoms with Crippen LogP contribution in [-0.2, 0) is 0 Å². The van der Waals surface area contributed by atoms with Gasteiger partial charge in [0, 0.05) is 18.0 Å². The van der Waals surface area contributed by atoms with E-state index in [4.69, 9.17) is 4.74 Å². The van der Waals surface area contributed by atoms with Crippen molar-refractivity contribution in [3.63, 3.8) is 0 Å². The molecule has 0 bridgehead atoms. The minimum atomic E-state index is -0.189. The van der Waals surface area contributed by atoms with Crippen LogP contribution in [0.3, 0.4) is 0 Å². The monoisotopic (exact) mass is 279 g/mol. The predicted octanol–water partition coefficient (Wildman–Crippen LogP) is 4.60. The Balaban J connectivity index is 1.90. The summed E-state index contributed by atoms with van der Waals surface area (Å²) in [7, 11) is 1.93. The van der Waals surface area contributed by atoms with Crippen molar-refractivity contribution in [1.29, 1.82) is 0 Å². The van der Waals surface area contributed by atoms with Gasteiger partial charge in [-0.15, -0.1) is 0 Å². The van der Waals surface area contributed by atoms with E-state index in [0.717, 1.165) is 24.2 Å². The number of hydrogen-bond donors (Lipinski definition) is 1. The SMILES string of the molecule is CCCCCCCC1CC(NC)c2cc(F)ccc2O1. The third-order valence-electron chi connectivity index (χ3n) is 4.12. The van der Waals surface area contributed by atoms with Crippen molar-refractivity contribution in [3.05, 3.63) is 29.6 Å². The molecule has 2 rings (SSSR count). The molecule has 3 heteroatoms. The summed E-state index contributed by atoms with van der Waals surface area (Å²) in [4.78, 5) is 0. The molecule has 0 aliphatic carbocycles. The highest BCUT2D eigenvalue weighted by Gasteiger charge is 2.27. The zero-order chi connectivity index (χ0) is 14.4. The summed E-state index contributed by atoms with van der Waals surface area (Å²) in [6, 6.07) is 5.04. The quantitative estimate of drug-likeness (QED) is 0.737. The number of rotatable bonds is 7. The number of hydrogen-bond acceptors (Lipinski definition) is 2. The number of ether oxygens (including phenoxy) is 1.